The second-order valence-electron chi connectivity index (χ2n) is 2.94. The lowest BCUT2D eigenvalue weighted by atomic mass is 10.1. The van der Waals surface area contributed by atoms with Crippen LogP contribution in [0.2, 0.25) is 5.15 Å². The minimum atomic E-state index is -0.248. The summed E-state index contributed by atoms with van der Waals surface area (Å²) in [6, 6.07) is 8.95. The minimum absolute atomic E-state index is 0.248. The summed E-state index contributed by atoms with van der Waals surface area (Å²) in [5, 5.41) is 6.20. The van der Waals surface area contributed by atoms with Crippen LogP contribution in [-0.4, -0.2) is 10.2 Å². The van der Waals surface area contributed by atoms with Gasteiger partial charge in [-0.2, -0.15) is 5.10 Å². The Labute approximate surface area is 99.2 Å². The number of halogens is 2. The second kappa shape index (κ2) is 4.16. The quantitative estimate of drug-likeness (QED) is 0.876. The van der Waals surface area contributed by atoms with Crippen LogP contribution >= 0.6 is 27.5 Å². The van der Waals surface area contributed by atoms with Crippen LogP contribution in [0, 0.1) is 0 Å². The van der Waals surface area contributed by atoms with Gasteiger partial charge in [-0.3, -0.25) is 4.79 Å². The van der Waals surface area contributed by atoms with Crippen molar-refractivity contribution in [1.29, 1.82) is 0 Å². The number of hydrogen-bond donors (Lipinski definition) is 1. The van der Waals surface area contributed by atoms with Crippen LogP contribution in [0.15, 0.2) is 39.6 Å². The molecule has 1 N–H and O–H groups in total. The number of nitrogens with one attached hydrogen (secondary N) is 1. The van der Waals surface area contributed by atoms with Crippen LogP contribution < -0.4 is 5.56 Å². The van der Waals surface area contributed by atoms with Crippen LogP contribution in [0.3, 0.4) is 0 Å². The summed E-state index contributed by atoms with van der Waals surface area (Å²) in [4.78, 5) is 11.5. The average Bonchev–Trinajstić information content (AvgIpc) is 2.23. The van der Waals surface area contributed by atoms with Crippen LogP contribution in [0.4, 0.5) is 0 Å². The molecule has 0 spiro atoms. The predicted octanol–water partition coefficient (Wildman–Crippen LogP) is 2.85. The fourth-order valence-corrected chi connectivity index (χ4v) is 1.64. The Kier molecular flexibility index (Phi) is 2.88. The highest BCUT2D eigenvalue weighted by Gasteiger charge is 2.04. The summed E-state index contributed by atoms with van der Waals surface area (Å²) in [5.74, 6) is 0. The van der Waals surface area contributed by atoms with E-state index in [2.05, 4.69) is 26.1 Å². The lowest BCUT2D eigenvalue weighted by Gasteiger charge is -2.00. The maximum atomic E-state index is 11.5. The summed E-state index contributed by atoms with van der Waals surface area (Å²) in [5.41, 5.74) is 1.08. The Morgan fingerprint density at radius 3 is 2.60 bits per heavy atom. The standard InChI is InChI=1S/C10H6BrClN2O/c11-7-3-1-6(2-4-7)8-5-9(12)13-14-10(8)15/h1-5H,(H,14,15). The van der Waals surface area contributed by atoms with Gasteiger partial charge in [0.15, 0.2) is 0 Å². The Bertz CT molecular complexity index is 536. The van der Waals surface area contributed by atoms with Gasteiger partial charge in [0.25, 0.3) is 5.56 Å². The van der Waals surface area contributed by atoms with Crippen molar-refractivity contribution >= 4 is 27.5 Å². The summed E-state index contributed by atoms with van der Waals surface area (Å²) in [6.45, 7) is 0. The molecule has 0 aliphatic heterocycles. The first-order valence-corrected chi connectivity index (χ1v) is 5.35. The molecule has 76 valence electrons. The number of aromatic nitrogens is 2. The van der Waals surface area contributed by atoms with Gasteiger partial charge in [-0.25, -0.2) is 5.10 Å². The smallest absolute Gasteiger partial charge is 0.267 e. The molecule has 0 saturated heterocycles. The van der Waals surface area contributed by atoms with Gasteiger partial charge < -0.3 is 0 Å². The fraction of sp³-hybridized carbons (Fsp3) is 0. The molecule has 1 aromatic carbocycles. The van der Waals surface area contributed by atoms with E-state index in [0.29, 0.717) is 5.56 Å². The average molecular weight is 286 g/mol. The Morgan fingerprint density at radius 2 is 1.93 bits per heavy atom. The number of nitrogens with zero attached hydrogens (tertiary/aromatic N) is 1. The third-order valence-electron chi connectivity index (χ3n) is 1.93. The second-order valence-corrected chi connectivity index (χ2v) is 4.24. The molecule has 0 aliphatic rings. The third kappa shape index (κ3) is 2.27. The van der Waals surface area contributed by atoms with Crippen molar-refractivity contribution in [2.75, 3.05) is 0 Å². The van der Waals surface area contributed by atoms with Gasteiger partial charge in [0.1, 0.15) is 5.15 Å². The molecule has 1 aromatic heterocycles. The van der Waals surface area contributed by atoms with Crippen LogP contribution in [0.1, 0.15) is 0 Å². The van der Waals surface area contributed by atoms with Gasteiger partial charge in [0.05, 0.1) is 5.56 Å². The van der Waals surface area contributed by atoms with Crippen molar-refractivity contribution in [1.82, 2.24) is 10.2 Å². The largest absolute Gasteiger partial charge is 0.272 e. The predicted molar refractivity (Wildman–Crippen MR) is 63.0 cm³/mol. The monoisotopic (exact) mass is 284 g/mol. The number of hydrogen-bond acceptors (Lipinski definition) is 2. The maximum Gasteiger partial charge on any atom is 0.272 e. The highest BCUT2D eigenvalue weighted by Crippen LogP contribution is 2.19. The SMILES string of the molecule is O=c1[nH]nc(Cl)cc1-c1ccc(Br)cc1. The van der Waals surface area contributed by atoms with Crippen molar-refractivity contribution in [2.45, 2.75) is 0 Å². The van der Waals surface area contributed by atoms with E-state index >= 15 is 0 Å². The summed E-state index contributed by atoms with van der Waals surface area (Å²) < 4.78 is 0.961. The molecule has 0 bridgehead atoms. The van der Waals surface area contributed by atoms with Gasteiger partial charge in [0.2, 0.25) is 0 Å². The van der Waals surface area contributed by atoms with E-state index in [1.807, 2.05) is 24.3 Å². The summed E-state index contributed by atoms with van der Waals surface area (Å²) in [7, 11) is 0. The van der Waals surface area contributed by atoms with E-state index in [1.165, 1.54) is 0 Å². The van der Waals surface area contributed by atoms with Crippen molar-refractivity contribution in [3.8, 4) is 11.1 Å². The molecule has 2 rings (SSSR count). The molecule has 15 heavy (non-hydrogen) atoms. The van der Waals surface area contributed by atoms with Gasteiger partial charge >= 0.3 is 0 Å². The van der Waals surface area contributed by atoms with Crippen LogP contribution in [-0.2, 0) is 0 Å². The molecule has 1 heterocycles. The zero-order valence-electron chi connectivity index (χ0n) is 7.50. The van der Waals surface area contributed by atoms with Crippen molar-refractivity contribution in [3.63, 3.8) is 0 Å². The molecule has 5 heteroatoms. The van der Waals surface area contributed by atoms with E-state index in [4.69, 9.17) is 11.6 Å². The van der Waals surface area contributed by atoms with Crippen molar-refractivity contribution in [3.05, 3.63) is 50.3 Å². The first-order valence-electron chi connectivity index (χ1n) is 4.18. The van der Waals surface area contributed by atoms with E-state index in [0.717, 1.165) is 10.0 Å². The number of rotatable bonds is 1. The molecular weight excluding hydrogens is 279 g/mol. The normalized spacial score (nSPS) is 10.3. The van der Waals surface area contributed by atoms with E-state index in [9.17, 15) is 4.79 Å². The molecule has 0 aliphatic carbocycles. The highest BCUT2D eigenvalue weighted by molar-refractivity contribution is 9.10. The first-order chi connectivity index (χ1) is 7.16. The highest BCUT2D eigenvalue weighted by atomic mass is 79.9. The van der Waals surface area contributed by atoms with Crippen molar-refractivity contribution < 1.29 is 0 Å². The molecule has 0 fully saturated rings. The first kappa shape index (κ1) is 10.4. The summed E-state index contributed by atoms with van der Waals surface area (Å²) >= 11 is 9.03. The van der Waals surface area contributed by atoms with Gasteiger partial charge in [-0.15, -0.1) is 0 Å². The van der Waals surface area contributed by atoms with E-state index in [1.54, 1.807) is 6.07 Å². The Hall–Kier alpha value is -1.13. The molecule has 0 saturated carbocycles. The Balaban J connectivity index is 2.58. The molecule has 2 aromatic rings. The third-order valence-corrected chi connectivity index (χ3v) is 2.65. The lowest BCUT2D eigenvalue weighted by Crippen LogP contribution is -2.10. The van der Waals surface area contributed by atoms with E-state index in [-0.39, 0.29) is 10.7 Å². The molecule has 3 nitrogen and oxygen atoms in total. The summed E-state index contributed by atoms with van der Waals surface area (Å²) in [6.07, 6.45) is 0. The zero-order valence-corrected chi connectivity index (χ0v) is 9.84. The fourth-order valence-electron chi connectivity index (χ4n) is 1.23. The van der Waals surface area contributed by atoms with Gasteiger partial charge in [0, 0.05) is 4.47 Å². The molecule has 0 radical (unpaired) electrons. The lowest BCUT2D eigenvalue weighted by molar-refractivity contribution is 0.992. The van der Waals surface area contributed by atoms with Crippen LogP contribution in [0.25, 0.3) is 11.1 Å². The van der Waals surface area contributed by atoms with E-state index < -0.39 is 0 Å². The molecule has 0 unspecified atom stereocenters. The van der Waals surface area contributed by atoms with Gasteiger partial charge in [-0.05, 0) is 23.8 Å². The van der Waals surface area contributed by atoms with Crippen LogP contribution in [0.5, 0.6) is 0 Å². The zero-order chi connectivity index (χ0) is 10.8. The van der Waals surface area contributed by atoms with Crippen molar-refractivity contribution in [2.24, 2.45) is 0 Å². The topological polar surface area (TPSA) is 45.8 Å². The molecular formula is C10H6BrClN2O. The maximum absolute atomic E-state index is 11.5. The number of benzene rings is 1. The number of aromatic amines is 1. The molecule has 0 amide bonds. The molecule has 0 atom stereocenters. The number of H-pyrrole nitrogens is 1. The Morgan fingerprint density at radius 1 is 1.27 bits per heavy atom. The minimum Gasteiger partial charge on any atom is -0.267 e. The van der Waals surface area contributed by atoms with Gasteiger partial charge in [-0.1, -0.05) is 39.7 Å².